The minimum atomic E-state index is 0.437. The maximum Gasteiger partial charge on any atom is 0.0640 e. The summed E-state index contributed by atoms with van der Waals surface area (Å²) in [7, 11) is 0. The number of nitrogens with one attached hydrogen (secondary N) is 1. The molecule has 0 amide bonds. The molecule has 0 heterocycles. The van der Waals surface area contributed by atoms with E-state index in [0.29, 0.717) is 12.1 Å². The summed E-state index contributed by atoms with van der Waals surface area (Å²) in [6, 6.07) is 6.62. The van der Waals surface area contributed by atoms with E-state index in [1.165, 1.54) is 5.56 Å². The third kappa shape index (κ3) is 2.69. The Bertz CT molecular complexity index is 361. The van der Waals surface area contributed by atoms with E-state index in [1.807, 2.05) is 26.0 Å². The standard InChI is InChI=1S/C13H18ClNO/c1-3-16-11-7-10(8-11)15-13-5-4-9(2)6-12(13)14/h4-6,10-11,15H,3,7-8H2,1-2H3. The van der Waals surface area contributed by atoms with Gasteiger partial charge in [-0.1, -0.05) is 17.7 Å². The second-order valence-electron chi connectivity index (χ2n) is 4.37. The molecule has 0 unspecified atom stereocenters. The van der Waals surface area contributed by atoms with Gasteiger partial charge in [0, 0.05) is 12.6 Å². The van der Waals surface area contributed by atoms with Crippen molar-refractivity contribution in [2.75, 3.05) is 11.9 Å². The SMILES string of the molecule is CCOC1CC(Nc2ccc(C)cc2Cl)C1. The molecule has 88 valence electrons. The van der Waals surface area contributed by atoms with Crippen molar-refractivity contribution in [2.24, 2.45) is 0 Å². The number of aryl methyl sites for hydroxylation is 1. The number of halogens is 1. The highest BCUT2D eigenvalue weighted by atomic mass is 35.5. The summed E-state index contributed by atoms with van der Waals surface area (Å²) >= 11 is 6.16. The first-order valence-corrected chi connectivity index (χ1v) is 6.21. The van der Waals surface area contributed by atoms with Gasteiger partial charge in [0.2, 0.25) is 0 Å². The topological polar surface area (TPSA) is 21.3 Å². The van der Waals surface area contributed by atoms with Gasteiger partial charge in [0.05, 0.1) is 16.8 Å². The van der Waals surface area contributed by atoms with Crippen LogP contribution in [0.15, 0.2) is 18.2 Å². The molecular formula is C13H18ClNO. The van der Waals surface area contributed by atoms with Gasteiger partial charge >= 0.3 is 0 Å². The molecule has 1 N–H and O–H groups in total. The van der Waals surface area contributed by atoms with E-state index in [9.17, 15) is 0 Å². The van der Waals surface area contributed by atoms with Crippen LogP contribution in [0.4, 0.5) is 5.69 Å². The fraction of sp³-hybridized carbons (Fsp3) is 0.538. The highest BCUT2D eigenvalue weighted by Crippen LogP contribution is 2.30. The summed E-state index contributed by atoms with van der Waals surface area (Å²) in [5.74, 6) is 0. The first-order chi connectivity index (χ1) is 7.69. The second-order valence-corrected chi connectivity index (χ2v) is 4.78. The smallest absolute Gasteiger partial charge is 0.0640 e. The van der Waals surface area contributed by atoms with Crippen molar-refractivity contribution in [3.63, 3.8) is 0 Å². The molecule has 3 heteroatoms. The average Bonchev–Trinajstić information content (AvgIpc) is 2.18. The molecule has 2 rings (SSSR count). The maximum atomic E-state index is 6.16. The molecule has 1 fully saturated rings. The highest BCUT2D eigenvalue weighted by Gasteiger charge is 2.29. The third-order valence-corrected chi connectivity index (χ3v) is 3.29. The number of ether oxygens (including phenoxy) is 1. The number of hydrogen-bond donors (Lipinski definition) is 1. The Morgan fingerprint density at radius 3 is 2.81 bits per heavy atom. The predicted molar refractivity (Wildman–Crippen MR) is 68.2 cm³/mol. The fourth-order valence-corrected chi connectivity index (χ4v) is 2.30. The van der Waals surface area contributed by atoms with Gasteiger partial charge in [-0.3, -0.25) is 0 Å². The van der Waals surface area contributed by atoms with Crippen LogP contribution in [0.25, 0.3) is 0 Å². The highest BCUT2D eigenvalue weighted by molar-refractivity contribution is 6.33. The van der Waals surface area contributed by atoms with E-state index in [2.05, 4.69) is 11.4 Å². The van der Waals surface area contributed by atoms with Gasteiger partial charge in [-0.05, 0) is 44.4 Å². The molecule has 2 nitrogen and oxygen atoms in total. The van der Waals surface area contributed by atoms with Crippen LogP contribution in [0.2, 0.25) is 5.02 Å². The van der Waals surface area contributed by atoms with E-state index in [1.54, 1.807) is 0 Å². The predicted octanol–water partition coefficient (Wildman–Crippen LogP) is 3.63. The van der Waals surface area contributed by atoms with Gasteiger partial charge in [0.25, 0.3) is 0 Å². The lowest BCUT2D eigenvalue weighted by molar-refractivity contribution is 0.00299. The molecule has 0 bridgehead atoms. The minimum Gasteiger partial charge on any atom is -0.381 e. The van der Waals surface area contributed by atoms with E-state index < -0.39 is 0 Å². The molecule has 1 aliphatic rings. The lowest BCUT2D eigenvalue weighted by atomic mass is 9.89. The lowest BCUT2D eigenvalue weighted by Gasteiger charge is -2.36. The first-order valence-electron chi connectivity index (χ1n) is 5.83. The Kier molecular flexibility index (Phi) is 3.72. The van der Waals surface area contributed by atoms with Crippen molar-refractivity contribution < 1.29 is 4.74 Å². The molecule has 0 atom stereocenters. The largest absolute Gasteiger partial charge is 0.381 e. The molecule has 1 aromatic carbocycles. The fourth-order valence-electron chi connectivity index (χ4n) is 2.01. The van der Waals surface area contributed by atoms with Crippen molar-refractivity contribution in [3.05, 3.63) is 28.8 Å². The van der Waals surface area contributed by atoms with Crippen molar-refractivity contribution in [1.82, 2.24) is 0 Å². The number of rotatable bonds is 4. The molecule has 0 aliphatic heterocycles. The van der Waals surface area contributed by atoms with E-state index in [4.69, 9.17) is 16.3 Å². The Morgan fingerprint density at radius 1 is 1.44 bits per heavy atom. The summed E-state index contributed by atoms with van der Waals surface area (Å²) in [6.45, 7) is 4.89. The van der Waals surface area contributed by atoms with Crippen LogP contribution in [0.5, 0.6) is 0 Å². The third-order valence-electron chi connectivity index (χ3n) is 2.98. The molecular weight excluding hydrogens is 222 g/mol. The molecule has 1 aromatic rings. The van der Waals surface area contributed by atoms with Gasteiger partial charge in [-0.2, -0.15) is 0 Å². The van der Waals surface area contributed by atoms with Gasteiger partial charge in [0.15, 0.2) is 0 Å². The Labute approximate surface area is 102 Å². The minimum absolute atomic E-state index is 0.437. The van der Waals surface area contributed by atoms with Crippen LogP contribution in [0.3, 0.4) is 0 Å². The van der Waals surface area contributed by atoms with Crippen LogP contribution in [0.1, 0.15) is 25.3 Å². The monoisotopic (exact) mass is 239 g/mol. The van der Waals surface area contributed by atoms with E-state index in [-0.39, 0.29) is 0 Å². The average molecular weight is 240 g/mol. The summed E-state index contributed by atoms with van der Waals surface area (Å²) in [6.07, 6.45) is 2.60. The summed E-state index contributed by atoms with van der Waals surface area (Å²) in [5.41, 5.74) is 2.23. The van der Waals surface area contributed by atoms with Gasteiger partial charge in [-0.15, -0.1) is 0 Å². The zero-order valence-corrected chi connectivity index (χ0v) is 10.6. The van der Waals surface area contributed by atoms with Crippen molar-refractivity contribution in [1.29, 1.82) is 0 Å². The Hall–Kier alpha value is -0.730. The zero-order valence-electron chi connectivity index (χ0n) is 9.79. The van der Waals surface area contributed by atoms with Crippen LogP contribution in [0, 0.1) is 6.92 Å². The van der Waals surface area contributed by atoms with Crippen molar-refractivity contribution >= 4 is 17.3 Å². The van der Waals surface area contributed by atoms with Crippen molar-refractivity contribution in [3.8, 4) is 0 Å². The number of hydrogen-bond acceptors (Lipinski definition) is 2. The van der Waals surface area contributed by atoms with Crippen LogP contribution in [-0.4, -0.2) is 18.8 Å². The summed E-state index contributed by atoms with van der Waals surface area (Å²) in [5, 5.41) is 4.26. The molecule has 0 saturated heterocycles. The Morgan fingerprint density at radius 2 is 2.19 bits per heavy atom. The molecule has 0 radical (unpaired) electrons. The molecule has 1 saturated carbocycles. The first kappa shape index (κ1) is 11.7. The normalized spacial score (nSPS) is 23.9. The van der Waals surface area contributed by atoms with E-state index >= 15 is 0 Å². The molecule has 0 aromatic heterocycles. The number of anilines is 1. The second kappa shape index (κ2) is 5.07. The lowest BCUT2D eigenvalue weighted by Crippen LogP contribution is -2.40. The van der Waals surface area contributed by atoms with Crippen LogP contribution in [-0.2, 0) is 4.74 Å². The van der Waals surface area contributed by atoms with E-state index in [0.717, 1.165) is 30.2 Å². The van der Waals surface area contributed by atoms with Gasteiger partial charge < -0.3 is 10.1 Å². The van der Waals surface area contributed by atoms with Gasteiger partial charge in [-0.25, -0.2) is 0 Å². The molecule has 16 heavy (non-hydrogen) atoms. The number of benzene rings is 1. The summed E-state index contributed by atoms with van der Waals surface area (Å²) < 4.78 is 5.52. The van der Waals surface area contributed by atoms with Crippen molar-refractivity contribution in [2.45, 2.75) is 38.8 Å². The quantitative estimate of drug-likeness (QED) is 0.867. The molecule has 0 spiro atoms. The zero-order chi connectivity index (χ0) is 11.5. The Balaban J connectivity index is 1.87. The van der Waals surface area contributed by atoms with Gasteiger partial charge in [0.1, 0.15) is 0 Å². The van der Waals surface area contributed by atoms with Crippen LogP contribution < -0.4 is 5.32 Å². The van der Waals surface area contributed by atoms with Crippen LogP contribution >= 0.6 is 11.6 Å². The maximum absolute atomic E-state index is 6.16. The summed E-state index contributed by atoms with van der Waals surface area (Å²) in [4.78, 5) is 0. The molecule has 1 aliphatic carbocycles.